The van der Waals surface area contributed by atoms with Crippen LogP contribution in [-0.2, 0) is 9.59 Å². The highest BCUT2D eigenvalue weighted by atomic mass is 16.2. The summed E-state index contributed by atoms with van der Waals surface area (Å²) in [5.74, 6) is -0.652. The summed E-state index contributed by atoms with van der Waals surface area (Å²) >= 11 is 0. The average molecular weight is 238 g/mol. The van der Waals surface area contributed by atoms with E-state index < -0.39 is 11.9 Å². The Morgan fingerprint density at radius 3 is 2.41 bits per heavy atom. The molecule has 0 aromatic heterocycles. The second-order valence-corrected chi connectivity index (χ2v) is 4.63. The van der Waals surface area contributed by atoms with E-state index in [4.69, 9.17) is 11.0 Å². The minimum atomic E-state index is -0.487. The zero-order chi connectivity index (χ0) is 13.4. The van der Waals surface area contributed by atoms with E-state index in [9.17, 15) is 9.59 Å². The summed E-state index contributed by atoms with van der Waals surface area (Å²) in [7, 11) is 0. The van der Waals surface area contributed by atoms with Crippen molar-refractivity contribution < 1.29 is 9.59 Å². The van der Waals surface area contributed by atoms with Gasteiger partial charge >= 0.3 is 0 Å². The third-order valence-electron chi connectivity index (χ3n) is 2.14. The van der Waals surface area contributed by atoms with Crippen molar-refractivity contribution in [3.8, 4) is 6.07 Å². The van der Waals surface area contributed by atoms with E-state index in [1.807, 2.05) is 19.9 Å². The topological polar surface area (TPSA) is 96.0 Å². The molecule has 0 aliphatic heterocycles. The molecule has 2 atom stereocenters. The highest BCUT2D eigenvalue weighted by Crippen LogP contribution is 2.07. The normalized spacial score (nSPS) is 13.8. The molecule has 2 unspecified atom stereocenters. The zero-order valence-electron chi connectivity index (χ0n) is 10.6. The largest absolute Gasteiger partial charge is 0.370 e. The van der Waals surface area contributed by atoms with Crippen molar-refractivity contribution >= 4 is 11.8 Å². The van der Waals surface area contributed by atoms with Gasteiger partial charge < -0.3 is 11.1 Å². The average Bonchev–Trinajstić information content (AvgIpc) is 2.13. The fourth-order valence-electron chi connectivity index (χ4n) is 1.47. The van der Waals surface area contributed by atoms with E-state index in [2.05, 4.69) is 5.32 Å². The van der Waals surface area contributed by atoms with E-state index in [1.54, 1.807) is 6.92 Å². The molecule has 0 aliphatic rings. The maximum absolute atomic E-state index is 11.5. The van der Waals surface area contributed by atoms with Crippen LogP contribution in [-0.4, -0.2) is 17.9 Å². The Morgan fingerprint density at radius 1 is 1.41 bits per heavy atom. The van der Waals surface area contributed by atoms with E-state index in [-0.39, 0.29) is 18.2 Å². The number of amides is 2. The lowest BCUT2D eigenvalue weighted by molar-refractivity contribution is -0.119. The third kappa shape index (κ3) is 8.26. The number of hydrogen-bond acceptors (Lipinski definition) is 3. The Kier molecular flexibility index (Phi) is 6.95. The fraction of sp³-hybridized carbons (Fsp3) is 0.667. The minimum absolute atomic E-state index is 0.134. The van der Waals surface area contributed by atoms with Crippen LogP contribution in [0.25, 0.3) is 0 Å². The first-order chi connectivity index (χ1) is 7.85. The zero-order valence-corrected chi connectivity index (χ0v) is 10.6. The molecule has 0 aromatic rings. The van der Waals surface area contributed by atoms with Gasteiger partial charge in [0.2, 0.25) is 11.8 Å². The SMILES string of the molecule is CC(C)CC(C#N)NC(=O)[CH]C(C)CC(N)=O. The van der Waals surface area contributed by atoms with Crippen LogP contribution in [0.5, 0.6) is 0 Å². The lowest BCUT2D eigenvalue weighted by Crippen LogP contribution is -2.36. The first-order valence-corrected chi connectivity index (χ1v) is 5.68. The molecule has 5 nitrogen and oxygen atoms in total. The Labute approximate surface area is 102 Å². The van der Waals surface area contributed by atoms with Crippen molar-refractivity contribution in [1.82, 2.24) is 5.32 Å². The van der Waals surface area contributed by atoms with Gasteiger partial charge in [-0.1, -0.05) is 20.8 Å². The van der Waals surface area contributed by atoms with Gasteiger partial charge in [0.05, 0.1) is 12.5 Å². The molecule has 95 valence electrons. The molecule has 5 heteroatoms. The lowest BCUT2D eigenvalue weighted by Gasteiger charge is -2.15. The second kappa shape index (κ2) is 7.66. The molecule has 2 amide bonds. The molecule has 0 saturated heterocycles. The Hall–Kier alpha value is -1.57. The van der Waals surface area contributed by atoms with Crippen LogP contribution >= 0.6 is 0 Å². The molecule has 17 heavy (non-hydrogen) atoms. The molecule has 0 bridgehead atoms. The molecule has 0 saturated carbocycles. The minimum Gasteiger partial charge on any atom is -0.370 e. The van der Waals surface area contributed by atoms with Crippen LogP contribution in [0.1, 0.15) is 33.6 Å². The van der Waals surface area contributed by atoms with Gasteiger partial charge in [-0.15, -0.1) is 0 Å². The standard InChI is InChI=1S/C12H20N3O2/c1-8(2)4-10(7-13)15-12(17)6-9(3)5-11(14)16/h6,8-10H,4-5H2,1-3H3,(H2,14,16)(H,15,17). The predicted molar refractivity (Wildman–Crippen MR) is 64.3 cm³/mol. The van der Waals surface area contributed by atoms with Gasteiger partial charge in [0.15, 0.2) is 0 Å². The molecule has 0 rings (SSSR count). The molecule has 0 aliphatic carbocycles. The summed E-state index contributed by atoms with van der Waals surface area (Å²) in [6, 6.07) is 1.55. The summed E-state index contributed by atoms with van der Waals surface area (Å²) < 4.78 is 0. The van der Waals surface area contributed by atoms with E-state index in [1.165, 1.54) is 6.42 Å². The molecule has 0 spiro atoms. The summed E-state index contributed by atoms with van der Waals surface area (Å²) in [4.78, 5) is 22.1. The van der Waals surface area contributed by atoms with Crippen LogP contribution in [0.15, 0.2) is 0 Å². The number of nitriles is 1. The predicted octanol–water partition coefficient (Wildman–Crippen LogP) is 0.757. The number of nitrogens with two attached hydrogens (primary N) is 1. The maximum atomic E-state index is 11.5. The molecule has 0 heterocycles. The van der Waals surface area contributed by atoms with Gasteiger partial charge in [-0.2, -0.15) is 5.26 Å². The van der Waals surface area contributed by atoms with Gasteiger partial charge in [-0.25, -0.2) is 0 Å². The molecule has 0 fully saturated rings. The fourth-order valence-corrected chi connectivity index (χ4v) is 1.47. The number of primary amides is 1. The summed E-state index contributed by atoms with van der Waals surface area (Å²) in [5, 5.41) is 11.4. The van der Waals surface area contributed by atoms with Gasteiger partial charge in [-0.3, -0.25) is 9.59 Å². The number of nitrogens with one attached hydrogen (secondary N) is 1. The molecular weight excluding hydrogens is 218 g/mol. The molecular formula is C12H20N3O2. The summed E-state index contributed by atoms with van der Waals surface area (Å²) in [6.45, 7) is 5.69. The third-order valence-corrected chi connectivity index (χ3v) is 2.14. The van der Waals surface area contributed by atoms with E-state index in [0.29, 0.717) is 12.3 Å². The number of hydrogen-bond donors (Lipinski definition) is 2. The van der Waals surface area contributed by atoms with Crippen LogP contribution in [0.4, 0.5) is 0 Å². The van der Waals surface area contributed by atoms with E-state index in [0.717, 1.165) is 0 Å². The Balaban J connectivity index is 4.07. The van der Waals surface area contributed by atoms with Crippen molar-refractivity contribution in [2.75, 3.05) is 0 Å². The smallest absolute Gasteiger partial charge is 0.225 e. The Morgan fingerprint density at radius 2 is 2.00 bits per heavy atom. The van der Waals surface area contributed by atoms with Crippen LogP contribution in [0, 0.1) is 29.6 Å². The monoisotopic (exact) mass is 238 g/mol. The summed E-state index contributed by atoms with van der Waals surface area (Å²) in [5.41, 5.74) is 5.02. The van der Waals surface area contributed by atoms with Gasteiger partial charge in [0, 0.05) is 6.42 Å². The quantitative estimate of drug-likeness (QED) is 0.685. The van der Waals surface area contributed by atoms with Crippen molar-refractivity contribution in [2.45, 2.75) is 39.7 Å². The maximum Gasteiger partial charge on any atom is 0.225 e. The second-order valence-electron chi connectivity index (χ2n) is 4.63. The number of rotatable bonds is 7. The molecule has 0 aromatic carbocycles. The lowest BCUT2D eigenvalue weighted by atomic mass is 10.0. The van der Waals surface area contributed by atoms with Gasteiger partial charge in [0.1, 0.15) is 6.04 Å². The Bertz CT molecular complexity index is 307. The van der Waals surface area contributed by atoms with Gasteiger partial charge in [0.25, 0.3) is 0 Å². The molecule has 1 radical (unpaired) electrons. The van der Waals surface area contributed by atoms with Crippen molar-refractivity contribution in [3.05, 3.63) is 6.42 Å². The van der Waals surface area contributed by atoms with Crippen molar-refractivity contribution in [2.24, 2.45) is 17.6 Å². The first kappa shape index (κ1) is 15.4. The van der Waals surface area contributed by atoms with Gasteiger partial charge in [-0.05, 0) is 18.3 Å². The van der Waals surface area contributed by atoms with Crippen LogP contribution < -0.4 is 11.1 Å². The highest BCUT2D eigenvalue weighted by Gasteiger charge is 2.16. The number of nitrogens with zero attached hydrogens (tertiary/aromatic N) is 1. The molecule has 3 N–H and O–H groups in total. The number of carbonyl (C=O) groups excluding carboxylic acids is 2. The first-order valence-electron chi connectivity index (χ1n) is 5.68. The van der Waals surface area contributed by atoms with E-state index >= 15 is 0 Å². The summed E-state index contributed by atoms with van der Waals surface area (Å²) in [6.07, 6.45) is 2.13. The number of carbonyl (C=O) groups is 2. The van der Waals surface area contributed by atoms with Crippen molar-refractivity contribution in [3.63, 3.8) is 0 Å². The highest BCUT2D eigenvalue weighted by molar-refractivity contribution is 5.86. The van der Waals surface area contributed by atoms with Crippen molar-refractivity contribution in [1.29, 1.82) is 5.26 Å². The van der Waals surface area contributed by atoms with Crippen LogP contribution in [0.3, 0.4) is 0 Å². The van der Waals surface area contributed by atoms with Crippen LogP contribution in [0.2, 0.25) is 0 Å².